The fraction of sp³-hybridized carbons (Fsp3) is 0.364. The molecule has 1 aliphatic heterocycles. The Hall–Kier alpha value is -2.70. The van der Waals surface area contributed by atoms with E-state index in [0.29, 0.717) is 13.1 Å². The van der Waals surface area contributed by atoms with E-state index in [2.05, 4.69) is 22.3 Å². The first-order valence-corrected chi connectivity index (χ1v) is 9.70. The Bertz CT molecular complexity index is 809. The number of nitrogens with two attached hydrogens (primary N) is 2. The van der Waals surface area contributed by atoms with Gasteiger partial charge in [-0.15, -0.1) is 0 Å². The lowest BCUT2D eigenvalue weighted by atomic mass is 9.97. The highest BCUT2D eigenvalue weighted by molar-refractivity contribution is 5.82. The topological polar surface area (TPSA) is 101 Å². The van der Waals surface area contributed by atoms with Gasteiger partial charge in [0.05, 0.1) is 5.92 Å². The van der Waals surface area contributed by atoms with Gasteiger partial charge in [0.15, 0.2) is 0 Å². The summed E-state index contributed by atoms with van der Waals surface area (Å²) in [6.07, 6.45) is 1.86. The Morgan fingerprint density at radius 2 is 1.86 bits per heavy atom. The maximum atomic E-state index is 12.3. The molecule has 0 spiro atoms. The van der Waals surface area contributed by atoms with Crippen LogP contribution in [-0.4, -0.2) is 29.8 Å². The molecule has 6 heteroatoms. The lowest BCUT2D eigenvalue weighted by molar-refractivity contribution is -0.124. The number of nitrogens with zero attached hydrogens (tertiary/aromatic N) is 1. The number of likely N-dealkylation sites (tertiary alicyclic amines) is 1. The average molecular weight is 380 g/mol. The minimum Gasteiger partial charge on any atom is -0.369 e. The molecule has 3 rings (SSSR count). The van der Waals surface area contributed by atoms with Gasteiger partial charge in [-0.05, 0) is 36.1 Å². The summed E-state index contributed by atoms with van der Waals surface area (Å²) in [5, 5.41) is 2.91. The van der Waals surface area contributed by atoms with E-state index in [0.717, 1.165) is 42.6 Å². The quantitative estimate of drug-likeness (QED) is 0.680. The van der Waals surface area contributed by atoms with Gasteiger partial charge in [-0.25, -0.2) is 0 Å². The number of nitrogens with one attached hydrogen (secondary N) is 1. The number of hydrogen-bond donors (Lipinski definition) is 3. The fourth-order valence-electron chi connectivity index (χ4n) is 3.64. The molecule has 0 aromatic heterocycles. The highest BCUT2D eigenvalue weighted by Crippen LogP contribution is 2.19. The maximum absolute atomic E-state index is 12.3. The fourth-order valence-corrected chi connectivity index (χ4v) is 3.64. The van der Waals surface area contributed by atoms with Crippen molar-refractivity contribution in [1.82, 2.24) is 10.2 Å². The summed E-state index contributed by atoms with van der Waals surface area (Å²) in [4.78, 5) is 26.1. The van der Waals surface area contributed by atoms with Crippen LogP contribution in [0.5, 0.6) is 0 Å². The lowest BCUT2D eigenvalue weighted by Crippen LogP contribution is -2.40. The van der Waals surface area contributed by atoms with Crippen molar-refractivity contribution in [3.05, 3.63) is 71.3 Å². The average Bonchev–Trinajstić information content (AvgIpc) is 2.72. The maximum Gasteiger partial charge on any atom is 0.241 e. The molecule has 28 heavy (non-hydrogen) atoms. The van der Waals surface area contributed by atoms with Gasteiger partial charge in [0.2, 0.25) is 11.8 Å². The van der Waals surface area contributed by atoms with Crippen LogP contribution in [0.15, 0.2) is 54.6 Å². The third kappa shape index (κ3) is 5.41. The highest BCUT2D eigenvalue weighted by atomic mass is 16.2. The molecule has 148 valence electrons. The van der Waals surface area contributed by atoms with Gasteiger partial charge in [0, 0.05) is 19.6 Å². The Labute approximate surface area is 165 Å². The predicted molar refractivity (Wildman–Crippen MR) is 109 cm³/mol. The van der Waals surface area contributed by atoms with Crippen LogP contribution in [0.3, 0.4) is 0 Å². The number of carbonyl (C=O) groups is 2. The molecule has 2 amide bonds. The van der Waals surface area contributed by atoms with Crippen LogP contribution in [0.25, 0.3) is 0 Å². The molecule has 0 saturated carbocycles. The molecular weight excluding hydrogens is 352 g/mol. The number of amides is 2. The molecule has 2 aromatic rings. The van der Waals surface area contributed by atoms with Crippen molar-refractivity contribution < 1.29 is 9.59 Å². The van der Waals surface area contributed by atoms with E-state index >= 15 is 0 Å². The predicted octanol–water partition coefficient (Wildman–Crippen LogP) is 1.70. The molecule has 1 heterocycles. The standard InChI is InChI=1S/C22H28N4O2/c23-20(18-8-2-1-3-9-18)22(28)25-13-16-6-4-7-17(12-16)14-26-11-5-10-19(15-26)21(24)27/h1-4,6-9,12,19-20H,5,10-11,13-15,23H2,(H2,24,27)(H,25,28). The first kappa shape index (κ1) is 20.0. The minimum atomic E-state index is -0.677. The molecule has 0 radical (unpaired) electrons. The van der Waals surface area contributed by atoms with Crippen LogP contribution >= 0.6 is 0 Å². The van der Waals surface area contributed by atoms with Crippen molar-refractivity contribution in [2.24, 2.45) is 17.4 Å². The number of primary amides is 1. The van der Waals surface area contributed by atoms with Crippen LogP contribution in [0.4, 0.5) is 0 Å². The molecule has 0 bridgehead atoms. The summed E-state index contributed by atoms with van der Waals surface area (Å²) >= 11 is 0. The molecule has 5 N–H and O–H groups in total. The largest absolute Gasteiger partial charge is 0.369 e. The van der Waals surface area contributed by atoms with Crippen LogP contribution in [0.2, 0.25) is 0 Å². The van der Waals surface area contributed by atoms with Crippen molar-refractivity contribution in [1.29, 1.82) is 0 Å². The van der Waals surface area contributed by atoms with Gasteiger partial charge in [-0.1, -0.05) is 54.6 Å². The first-order valence-electron chi connectivity index (χ1n) is 9.70. The third-order valence-electron chi connectivity index (χ3n) is 5.21. The number of hydrogen-bond acceptors (Lipinski definition) is 4. The van der Waals surface area contributed by atoms with Gasteiger partial charge < -0.3 is 16.8 Å². The lowest BCUT2D eigenvalue weighted by Gasteiger charge is -2.31. The van der Waals surface area contributed by atoms with Crippen LogP contribution in [0, 0.1) is 5.92 Å². The van der Waals surface area contributed by atoms with E-state index < -0.39 is 6.04 Å². The molecule has 6 nitrogen and oxygen atoms in total. The van der Waals surface area contributed by atoms with Gasteiger partial charge in [-0.2, -0.15) is 0 Å². The molecule has 1 saturated heterocycles. The molecular formula is C22H28N4O2. The summed E-state index contributed by atoms with van der Waals surface area (Å²) in [5.41, 5.74) is 14.5. The van der Waals surface area contributed by atoms with E-state index in [1.165, 1.54) is 0 Å². The number of carbonyl (C=O) groups excluding carboxylic acids is 2. The Morgan fingerprint density at radius 1 is 1.11 bits per heavy atom. The van der Waals surface area contributed by atoms with E-state index in [1.54, 1.807) is 0 Å². The monoisotopic (exact) mass is 380 g/mol. The van der Waals surface area contributed by atoms with Crippen LogP contribution in [0.1, 0.15) is 35.6 Å². The molecule has 2 unspecified atom stereocenters. The smallest absolute Gasteiger partial charge is 0.241 e. The molecule has 1 fully saturated rings. The highest BCUT2D eigenvalue weighted by Gasteiger charge is 2.23. The number of benzene rings is 2. The molecule has 1 aliphatic rings. The zero-order valence-electron chi connectivity index (χ0n) is 16.0. The van der Waals surface area contributed by atoms with Gasteiger partial charge >= 0.3 is 0 Å². The number of piperidine rings is 1. The van der Waals surface area contributed by atoms with Crippen molar-refractivity contribution in [3.63, 3.8) is 0 Å². The second-order valence-corrected chi connectivity index (χ2v) is 7.40. The minimum absolute atomic E-state index is 0.0595. The summed E-state index contributed by atoms with van der Waals surface area (Å²) in [6.45, 7) is 2.88. The normalized spacial score (nSPS) is 18.4. The summed E-state index contributed by atoms with van der Waals surface area (Å²) in [6, 6.07) is 16.8. The second kappa shape index (κ2) is 9.48. The molecule has 2 atom stereocenters. The van der Waals surface area contributed by atoms with Crippen molar-refractivity contribution in [2.75, 3.05) is 13.1 Å². The third-order valence-corrected chi connectivity index (χ3v) is 5.21. The van der Waals surface area contributed by atoms with Gasteiger partial charge in [0.25, 0.3) is 0 Å². The summed E-state index contributed by atoms with van der Waals surface area (Å²) < 4.78 is 0. The van der Waals surface area contributed by atoms with Crippen molar-refractivity contribution in [3.8, 4) is 0 Å². The zero-order valence-corrected chi connectivity index (χ0v) is 16.0. The Morgan fingerprint density at radius 3 is 2.61 bits per heavy atom. The summed E-state index contributed by atoms with van der Waals surface area (Å²) in [7, 11) is 0. The molecule has 0 aliphatic carbocycles. The van der Waals surface area contributed by atoms with E-state index in [1.807, 2.05) is 42.5 Å². The zero-order chi connectivity index (χ0) is 19.9. The Kier molecular flexibility index (Phi) is 6.79. The summed E-state index contributed by atoms with van der Waals surface area (Å²) in [5.74, 6) is -0.469. The Balaban J connectivity index is 1.54. The SMILES string of the molecule is NC(=O)C1CCCN(Cc2cccc(CNC(=O)C(N)c3ccccc3)c2)C1. The molecule has 2 aromatic carbocycles. The van der Waals surface area contributed by atoms with E-state index in [9.17, 15) is 9.59 Å². The van der Waals surface area contributed by atoms with Crippen LogP contribution in [-0.2, 0) is 22.7 Å². The van der Waals surface area contributed by atoms with Gasteiger partial charge in [-0.3, -0.25) is 14.5 Å². The van der Waals surface area contributed by atoms with Crippen LogP contribution < -0.4 is 16.8 Å². The van der Waals surface area contributed by atoms with E-state index in [-0.39, 0.29) is 17.7 Å². The second-order valence-electron chi connectivity index (χ2n) is 7.40. The first-order chi connectivity index (χ1) is 13.5. The number of rotatable bonds is 7. The van der Waals surface area contributed by atoms with Crippen molar-refractivity contribution >= 4 is 11.8 Å². The van der Waals surface area contributed by atoms with Gasteiger partial charge in [0.1, 0.15) is 6.04 Å². The van der Waals surface area contributed by atoms with Crippen molar-refractivity contribution in [2.45, 2.75) is 32.0 Å². The van der Waals surface area contributed by atoms with E-state index in [4.69, 9.17) is 11.5 Å².